The Balaban J connectivity index is 1.59. The molecule has 0 bridgehead atoms. The number of nitrogens with one attached hydrogen (secondary N) is 2. The minimum absolute atomic E-state index is 0.0462. The molecule has 0 aliphatic heterocycles. The Kier molecular flexibility index (Phi) is 4.61. The number of ether oxygens (including phenoxy) is 1. The van der Waals surface area contributed by atoms with Gasteiger partial charge in [0.2, 0.25) is 0 Å². The van der Waals surface area contributed by atoms with E-state index in [-0.39, 0.29) is 18.1 Å². The van der Waals surface area contributed by atoms with E-state index in [1.54, 1.807) is 6.07 Å². The van der Waals surface area contributed by atoms with E-state index < -0.39 is 0 Å². The molecule has 2 N–H and O–H groups in total. The molecule has 0 unspecified atom stereocenters. The number of amides is 1. The second kappa shape index (κ2) is 6.84. The number of hydrogen-bond acceptors (Lipinski definition) is 5. The van der Waals surface area contributed by atoms with Crippen molar-refractivity contribution in [3.05, 3.63) is 57.0 Å². The van der Waals surface area contributed by atoms with Gasteiger partial charge in [0.1, 0.15) is 10.6 Å². The Morgan fingerprint density at radius 3 is 2.79 bits per heavy atom. The van der Waals surface area contributed by atoms with Crippen molar-refractivity contribution in [1.29, 1.82) is 0 Å². The van der Waals surface area contributed by atoms with Gasteiger partial charge < -0.3 is 15.0 Å². The molecule has 6 nitrogen and oxygen atoms in total. The van der Waals surface area contributed by atoms with Gasteiger partial charge in [0, 0.05) is 4.88 Å². The van der Waals surface area contributed by atoms with Crippen LogP contribution >= 0.6 is 11.3 Å². The normalized spacial score (nSPS) is 10.8. The lowest BCUT2D eigenvalue weighted by Crippen LogP contribution is -2.28. The zero-order valence-corrected chi connectivity index (χ0v) is 14.2. The summed E-state index contributed by atoms with van der Waals surface area (Å²) in [5.41, 5.74) is 1.82. The number of thiophene rings is 1. The number of carbonyl (C=O) groups excluding carboxylic acids is 1. The highest BCUT2D eigenvalue weighted by Crippen LogP contribution is 2.22. The molecule has 0 aliphatic carbocycles. The number of benzene rings is 1. The van der Waals surface area contributed by atoms with Gasteiger partial charge in [0.15, 0.2) is 6.61 Å². The molecular weight excluding hydrogens is 326 g/mol. The Labute approximate surface area is 142 Å². The Morgan fingerprint density at radius 2 is 2.08 bits per heavy atom. The van der Waals surface area contributed by atoms with Gasteiger partial charge in [-0.05, 0) is 31.0 Å². The third-order valence-corrected chi connectivity index (χ3v) is 4.64. The lowest BCUT2D eigenvalue weighted by Gasteiger charge is -2.11. The second-order valence-electron chi connectivity index (χ2n) is 5.45. The molecule has 0 radical (unpaired) electrons. The highest BCUT2D eigenvalue weighted by atomic mass is 32.1. The van der Waals surface area contributed by atoms with Crippen LogP contribution in [0.4, 0.5) is 0 Å². The molecule has 0 atom stereocenters. The first-order chi connectivity index (χ1) is 11.5. The SMILES string of the molecule is Cc1cccc(C)c1OCC(=O)NCc1cc2c(=O)[nH]cnc2s1. The quantitative estimate of drug-likeness (QED) is 0.744. The number of aromatic amines is 1. The molecule has 1 amide bonds. The summed E-state index contributed by atoms with van der Waals surface area (Å²) in [5, 5.41) is 3.34. The monoisotopic (exact) mass is 343 g/mol. The maximum atomic E-state index is 12.0. The van der Waals surface area contributed by atoms with Crippen LogP contribution < -0.4 is 15.6 Å². The zero-order valence-electron chi connectivity index (χ0n) is 13.4. The van der Waals surface area contributed by atoms with Gasteiger partial charge in [0.05, 0.1) is 18.3 Å². The summed E-state index contributed by atoms with van der Waals surface area (Å²) in [6, 6.07) is 7.59. The topological polar surface area (TPSA) is 84.1 Å². The van der Waals surface area contributed by atoms with E-state index >= 15 is 0 Å². The fourth-order valence-corrected chi connectivity index (χ4v) is 3.34. The van der Waals surface area contributed by atoms with E-state index in [9.17, 15) is 9.59 Å². The van der Waals surface area contributed by atoms with E-state index in [0.717, 1.165) is 21.8 Å². The molecule has 124 valence electrons. The number of rotatable bonds is 5. The van der Waals surface area contributed by atoms with Crippen LogP contribution in [0.1, 0.15) is 16.0 Å². The third kappa shape index (κ3) is 3.46. The molecule has 7 heteroatoms. The van der Waals surface area contributed by atoms with Gasteiger partial charge in [-0.15, -0.1) is 11.3 Å². The second-order valence-corrected chi connectivity index (χ2v) is 6.56. The maximum Gasteiger partial charge on any atom is 0.259 e. The molecule has 0 aliphatic rings. The summed E-state index contributed by atoms with van der Waals surface area (Å²) in [6.45, 7) is 4.19. The molecule has 0 saturated carbocycles. The molecule has 3 aromatic rings. The van der Waals surface area contributed by atoms with Crippen molar-refractivity contribution in [2.75, 3.05) is 6.61 Å². The van der Waals surface area contributed by atoms with Gasteiger partial charge in [-0.2, -0.15) is 0 Å². The summed E-state index contributed by atoms with van der Waals surface area (Å²) < 4.78 is 5.62. The van der Waals surface area contributed by atoms with Crippen LogP contribution in [0.2, 0.25) is 0 Å². The fraction of sp³-hybridized carbons (Fsp3) is 0.235. The van der Waals surface area contributed by atoms with Crippen molar-refractivity contribution in [3.63, 3.8) is 0 Å². The number of aryl methyl sites for hydroxylation is 2. The number of fused-ring (bicyclic) bond motifs is 1. The van der Waals surface area contributed by atoms with Crippen LogP contribution in [0.15, 0.2) is 35.4 Å². The molecule has 1 aromatic carbocycles. The van der Waals surface area contributed by atoms with Crippen LogP contribution in [0.3, 0.4) is 0 Å². The number of para-hydroxylation sites is 1. The standard InChI is InChI=1S/C17H17N3O3S/c1-10-4-3-5-11(2)15(10)23-8-14(21)18-7-12-6-13-16(22)19-9-20-17(13)24-12/h3-6,9H,7-8H2,1-2H3,(H,18,21)(H,19,20,22). The first kappa shape index (κ1) is 16.2. The average Bonchev–Trinajstić information content (AvgIpc) is 2.97. The van der Waals surface area contributed by atoms with Gasteiger partial charge >= 0.3 is 0 Å². The van der Waals surface area contributed by atoms with Gasteiger partial charge in [-0.25, -0.2) is 4.98 Å². The lowest BCUT2D eigenvalue weighted by atomic mass is 10.1. The summed E-state index contributed by atoms with van der Waals surface area (Å²) in [5.74, 6) is 0.530. The summed E-state index contributed by atoms with van der Waals surface area (Å²) >= 11 is 1.39. The first-order valence-electron chi connectivity index (χ1n) is 7.46. The van der Waals surface area contributed by atoms with Crippen LogP contribution in [-0.2, 0) is 11.3 Å². The number of carbonyl (C=O) groups is 1. The number of H-pyrrole nitrogens is 1. The van der Waals surface area contributed by atoms with Crippen molar-refractivity contribution in [2.24, 2.45) is 0 Å². The smallest absolute Gasteiger partial charge is 0.259 e. The highest BCUT2D eigenvalue weighted by Gasteiger charge is 2.09. The summed E-state index contributed by atoms with van der Waals surface area (Å²) in [7, 11) is 0. The Morgan fingerprint density at radius 1 is 1.33 bits per heavy atom. The van der Waals surface area contributed by atoms with E-state index in [4.69, 9.17) is 4.74 Å². The largest absolute Gasteiger partial charge is 0.483 e. The van der Waals surface area contributed by atoms with Crippen molar-refractivity contribution in [1.82, 2.24) is 15.3 Å². The average molecular weight is 343 g/mol. The Hall–Kier alpha value is -2.67. The summed E-state index contributed by atoms with van der Waals surface area (Å²) in [6.07, 6.45) is 1.38. The molecule has 2 heterocycles. The van der Waals surface area contributed by atoms with Gasteiger partial charge in [-0.1, -0.05) is 18.2 Å². The molecule has 3 rings (SSSR count). The molecule has 24 heavy (non-hydrogen) atoms. The summed E-state index contributed by atoms with van der Waals surface area (Å²) in [4.78, 5) is 31.8. The Bertz CT molecular complexity index is 925. The van der Waals surface area contributed by atoms with Crippen LogP contribution in [-0.4, -0.2) is 22.5 Å². The predicted octanol–water partition coefficient (Wildman–Crippen LogP) is 2.30. The molecule has 0 saturated heterocycles. The van der Waals surface area contributed by atoms with E-state index in [1.807, 2.05) is 32.0 Å². The highest BCUT2D eigenvalue weighted by molar-refractivity contribution is 7.18. The first-order valence-corrected chi connectivity index (χ1v) is 8.28. The van der Waals surface area contributed by atoms with Gasteiger partial charge in [-0.3, -0.25) is 9.59 Å². The minimum Gasteiger partial charge on any atom is -0.483 e. The van der Waals surface area contributed by atoms with Crippen LogP contribution in [0.25, 0.3) is 10.2 Å². The lowest BCUT2D eigenvalue weighted by molar-refractivity contribution is -0.123. The fourth-order valence-electron chi connectivity index (χ4n) is 2.41. The van der Waals surface area contributed by atoms with Crippen molar-refractivity contribution in [2.45, 2.75) is 20.4 Å². The molecule has 0 spiro atoms. The van der Waals surface area contributed by atoms with E-state index in [0.29, 0.717) is 16.8 Å². The predicted molar refractivity (Wildman–Crippen MR) is 93.5 cm³/mol. The van der Waals surface area contributed by atoms with Gasteiger partial charge in [0.25, 0.3) is 11.5 Å². The molecule has 2 aromatic heterocycles. The van der Waals surface area contributed by atoms with E-state index in [1.165, 1.54) is 17.7 Å². The van der Waals surface area contributed by atoms with Crippen molar-refractivity contribution < 1.29 is 9.53 Å². The molecule has 0 fully saturated rings. The van der Waals surface area contributed by atoms with Crippen LogP contribution in [0, 0.1) is 13.8 Å². The molecular formula is C17H17N3O3S. The zero-order chi connectivity index (χ0) is 17.1. The number of aromatic nitrogens is 2. The number of nitrogens with zero attached hydrogens (tertiary/aromatic N) is 1. The van der Waals surface area contributed by atoms with Crippen molar-refractivity contribution in [3.8, 4) is 5.75 Å². The van der Waals surface area contributed by atoms with Crippen LogP contribution in [0.5, 0.6) is 5.75 Å². The maximum absolute atomic E-state index is 12.0. The van der Waals surface area contributed by atoms with Crippen molar-refractivity contribution >= 4 is 27.5 Å². The number of hydrogen-bond donors (Lipinski definition) is 2. The van der Waals surface area contributed by atoms with E-state index in [2.05, 4.69) is 15.3 Å². The third-order valence-electron chi connectivity index (χ3n) is 3.60. The minimum atomic E-state index is -0.211.